The van der Waals surface area contributed by atoms with Crippen LogP contribution in [-0.2, 0) is 9.59 Å². The molecule has 1 N–H and O–H groups in total. The van der Waals surface area contributed by atoms with Gasteiger partial charge < -0.3 is 10.0 Å². The number of carbonyl (C=O) groups excluding carboxylic acids is 1. The van der Waals surface area contributed by atoms with E-state index < -0.39 is 22.7 Å². The normalized spacial score (nSPS) is 18.7. The van der Waals surface area contributed by atoms with Crippen LogP contribution in [0.1, 0.15) is 6.42 Å². The van der Waals surface area contributed by atoms with Crippen LogP contribution in [0.15, 0.2) is 18.2 Å². The lowest BCUT2D eigenvalue weighted by molar-refractivity contribution is -0.384. The van der Waals surface area contributed by atoms with E-state index in [4.69, 9.17) is 16.7 Å². The standard InChI is InChI=1S/C11H9ClN2O5/c12-7-1-2-8(9(4-7)14(18)19)13-5-6(11(16)17)3-10(13)15/h1-2,4,6H,3,5H2,(H,16,17). The Hall–Kier alpha value is -2.15. The van der Waals surface area contributed by atoms with Crippen LogP contribution < -0.4 is 4.90 Å². The van der Waals surface area contributed by atoms with E-state index in [-0.39, 0.29) is 29.4 Å². The van der Waals surface area contributed by atoms with E-state index in [1.807, 2.05) is 0 Å². The van der Waals surface area contributed by atoms with Crippen molar-refractivity contribution in [2.75, 3.05) is 11.4 Å². The molecule has 1 aliphatic rings. The number of amides is 1. The Kier molecular flexibility index (Phi) is 3.39. The van der Waals surface area contributed by atoms with E-state index in [2.05, 4.69) is 0 Å². The number of rotatable bonds is 3. The second-order valence-corrected chi connectivity index (χ2v) is 4.57. The molecule has 1 saturated heterocycles. The van der Waals surface area contributed by atoms with Crippen molar-refractivity contribution in [2.45, 2.75) is 6.42 Å². The minimum atomic E-state index is -1.09. The summed E-state index contributed by atoms with van der Waals surface area (Å²) >= 11 is 5.68. The lowest BCUT2D eigenvalue weighted by Gasteiger charge is -2.16. The summed E-state index contributed by atoms with van der Waals surface area (Å²) in [6, 6.07) is 3.91. The van der Waals surface area contributed by atoms with Gasteiger partial charge in [-0.1, -0.05) is 11.6 Å². The summed E-state index contributed by atoms with van der Waals surface area (Å²) in [4.78, 5) is 34.0. The molecule has 1 aromatic rings. The molecule has 1 aromatic carbocycles. The molecule has 1 heterocycles. The smallest absolute Gasteiger partial charge is 0.308 e. The Labute approximate surface area is 112 Å². The molecule has 1 unspecified atom stereocenters. The van der Waals surface area contributed by atoms with E-state index in [0.717, 1.165) is 11.0 Å². The van der Waals surface area contributed by atoms with Gasteiger partial charge in [0.05, 0.1) is 10.8 Å². The monoisotopic (exact) mass is 284 g/mol. The van der Waals surface area contributed by atoms with Gasteiger partial charge in [0.2, 0.25) is 5.91 Å². The molecular weight excluding hydrogens is 276 g/mol. The van der Waals surface area contributed by atoms with Gasteiger partial charge in [-0.05, 0) is 12.1 Å². The number of nitro groups is 1. The molecule has 100 valence electrons. The summed E-state index contributed by atoms with van der Waals surface area (Å²) in [6.07, 6.45) is -0.158. The second-order valence-electron chi connectivity index (χ2n) is 4.13. The molecule has 1 aliphatic heterocycles. The maximum atomic E-state index is 11.8. The maximum absolute atomic E-state index is 11.8. The summed E-state index contributed by atoms with van der Waals surface area (Å²) in [7, 11) is 0. The molecule has 1 amide bonds. The fourth-order valence-corrected chi connectivity index (χ4v) is 2.14. The summed E-state index contributed by atoms with van der Waals surface area (Å²) in [5.74, 6) is -2.38. The number of hydrogen-bond donors (Lipinski definition) is 1. The fourth-order valence-electron chi connectivity index (χ4n) is 1.98. The minimum absolute atomic E-state index is 0.0724. The van der Waals surface area contributed by atoms with Gasteiger partial charge in [0.1, 0.15) is 5.69 Å². The second kappa shape index (κ2) is 4.85. The summed E-state index contributed by atoms with van der Waals surface area (Å²) in [5.41, 5.74) is -0.241. The molecule has 0 radical (unpaired) electrons. The van der Waals surface area contributed by atoms with E-state index in [1.165, 1.54) is 12.1 Å². The summed E-state index contributed by atoms with van der Waals surface area (Å²) < 4.78 is 0. The fraction of sp³-hybridized carbons (Fsp3) is 0.273. The van der Waals surface area contributed by atoms with Crippen LogP contribution in [0.3, 0.4) is 0 Å². The van der Waals surface area contributed by atoms with Crippen LogP contribution in [-0.4, -0.2) is 28.5 Å². The third-order valence-electron chi connectivity index (χ3n) is 2.90. The zero-order chi connectivity index (χ0) is 14.2. The average Bonchev–Trinajstić information content (AvgIpc) is 2.71. The predicted molar refractivity (Wildman–Crippen MR) is 66.2 cm³/mol. The molecule has 2 rings (SSSR count). The van der Waals surface area contributed by atoms with Crippen molar-refractivity contribution in [3.8, 4) is 0 Å². The van der Waals surface area contributed by atoms with Gasteiger partial charge >= 0.3 is 5.97 Å². The van der Waals surface area contributed by atoms with Crippen molar-refractivity contribution in [1.82, 2.24) is 0 Å². The molecule has 0 aromatic heterocycles. The van der Waals surface area contributed by atoms with E-state index in [0.29, 0.717) is 0 Å². The predicted octanol–water partition coefficient (Wildman–Crippen LogP) is 1.69. The molecule has 1 atom stereocenters. The lowest BCUT2D eigenvalue weighted by Crippen LogP contribution is -2.26. The van der Waals surface area contributed by atoms with Crippen LogP contribution in [0.4, 0.5) is 11.4 Å². The highest BCUT2D eigenvalue weighted by molar-refractivity contribution is 6.31. The number of aliphatic carboxylic acids is 1. The van der Waals surface area contributed by atoms with Gasteiger partial charge in [-0.25, -0.2) is 0 Å². The molecular formula is C11H9ClN2O5. The van der Waals surface area contributed by atoms with Crippen LogP contribution in [0.2, 0.25) is 5.02 Å². The molecule has 0 spiro atoms. The molecule has 8 heteroatoms. The quantitative estimate of drug-likeness (QED) is 0.672. The van der Waals surface area contributed by atoms with Gasteiger partial charge in [0, 0.05) is 24.1 Å². The Bertz CT molecular complexity index is 574. The van der Waals surface area contributed by atoms with Gasteiger partial charge in [0.15, 0.2) is 0 Å². The van der Waals surface area contributed by atoms with E-state index in [1.54, 1.807) is 0 Å². The molecule has 7 nitrogen and oxygen atoms in total. The molecule has 1 fully saturated rings. The van der Waals surface area contributed by atoms with Crippen LogP contribution in [0, 0.1) is 16.0 Å². The van der Waals surface area contributed by atoms with Crippen molar-refractivity contribution in [3.05, 3.63) is 33.3 Å². The Morgan fingerprint density at radius 3 is 2.74 bits per heavy atom. The molecule has 0 aliphatic carbocycles. The highest BCUT2D eigenvalue weighted by atomic mass is 35.5. The first-order valence-corrected chi connectivity index (χ1v) is 5.75. The topological polar surface area (TPSA) is 101 Å². The van der Waals surface area contributed by atoms with Crippen molar-refractivity contribution in [2.24, 2.45) is 5.92 Å². The third kappa shape index (κ3) is 2.50. The zero-order valence-corrected chi connectivity index (χ0v) is 10.3. The average molecular weight is 285 g/mol. The number of carbonyl (C=O) groups is 2. The van der Waals surface area contributed by atoms with Gasteiger partial charge in [-0.2, -0.15) is 0 Å². The first-order valence-electron chi connectivity index (χ1n) is 5.37. The van der Waals surface area contributed by atoms with Crippen molar-refractivity contribution in [3.63, 3.8) is 0 Å². The molecule has 0 bridgehead atoms. The largest absolute Gasteiger partial charge is 0.481 e. The number of nitro benzene ring substituents is 1. The number of nitrogens with zero attached hydrogens (tertiary/aromatic N) is 2. The summed E-state index contributed by atoms with van der Waals surface area (Å²) in [6.45, 7) is -0.0728. The summed E-state index contributed by atoms with van der Waals surface area (Å²) in [5, 5.41) is 20.0. The number of halogens is 1. The third-order valence-corrected chi connectivity index (χ3v) is 3.13. The van der Waals surface area contributed by atoms with Gasteiger partial charge in [0.25, 0.3) is 5.69 Å². The minimum Gasteiger partial charge on any atom is -0.481 e. The van der Waals surface area contributed by atoms with Crippen molar-refractivity contribution in [1.29, 1.82) is 0 Å². The lowest BCUT2D eigenvalue weighted by atomic mass is 10.1. The highest BCUT2D eigenvalue weighted by Crippen LogP contribution is 2.34. The van der Waals surface area contributed by atoms with E-state index >= 15 is 0 Å². The van der Waals surface area contributed by atoms with Crippen molar-refractivity contribution >= 4 is 34.9 Å². The van der Waals surface area contributed by atoms with Gasteiger partial charge in [-0.3, -0.25) is 19.7 Å². The number of hydrogen-bond acceptors (Lipinski definition) is 4. The zero-order valence-electron chi connectivity index (χ0n) is 9.58. The highest BCUT2D eigenvalue weighted by Gasteiger charge is 2.37. The van der Waals surface area contributed by atoms with Crippen LogP contribution in [0.25, 0.3) is 0 Å². The first kappa shape index (κ1) is 13.3. The van der Waals surface area contributed by atoms with Crippen LogP contribution >= 0.6 is 11.6 Å². The number of carboxylic acids is 1. The number of anilines is 1. The first-order chi connectivity index (χ1) is 8.90. The SMILES string of the molecule is O=C(O)C1CC(=O)N(c2ccc(Cl)cc2[N+](=O)[O-])C1. The Morgan fingerprint density at radius 1 is 1.53 bits per heavy atom. The Morgan fingerprint density at radius 2 is 2.21 bits per heavy atom. The molecule has 0 saturated carbocycles. The van der Waals surface area contributed by atoms with Crippen LogP contribution in [0.5, 0.6) is 0 Å². The van der Waals surface area contributed by atoms with Gasteiger partial charge in [-0.15, -0.1) is 0 Å². The number of benzene rings is 1. The molecule has 19 heavy (non-hydrogen) atoms. The number of carboxylic acid groups (broad SMARTS) is 1. The van der Waals surface area contributed by atoms with Crippen molar-refractivity contribution < 1.29 is 19.6 Å². The Balaban J connectivity index is 2.40. The maximum Gasteiger partial charge on any atom is 0.308 e. The van der Waals surface area contributed by atoms with E-state index in [9.17, 15) is 19.7 Å².